The average Bonchev–Trinajstić information content (AvgIpc) is 2.15. The SMILES string of the molecule is NC(c1cccc(C(F)F)c1)C(F)(F)F. The molecule has 1 unspecified atom stereocenters. The second-order valence-electron chi connectivity index (χ2n) is 2.99. The van der Waals surface area contributed by atoms with E-state index in [1.807, 2.05) is 0 Å². The normalized spacial score (nSPS) is 14.3. The third-order valence-corrected chi connectivity index (χ3v) is 1.87. The van der Waals surface area contributed by atoms with Crippen molar-refractivity contribution in [1.29, 1.82) is 0 Å². The van der Waals surface area contributed by atoms with Crippen LogP contribution < -0.4 is 5.73 Å². The number of alkyl halides is 5. The van der Waals surface area contributed by atoms with Crippen molar-refractivity contribution in [2.45, 2.75) is 18.6 Å². The molecule has 1 atom stereocenters. The molecule has 0 amide bonds. The quantitative estimate of drug-likeness (QED) is 0.768. The van der Waals surface area contributed by atoms with Crippen molar-refractivity contribution in [3.8, 4) is 0 Å². The fraction of sp³-hybridized carbons (Fsp3) is 0.333. The lowest BCUT2D eigenvalue weighted by Crippen LogP contribution is -2.28. The van der Waals surface area contributed by atoms with Crippen LogP contribution in [0.4, 0.5) is 22.0 Å². The maximum atomic E-state index is 12.2. The van der Waals surface area contributed by atoms with E-state index in [2.05, 4.69) is 0 Å². The van der Waals surface area contributed by atoms with Gasteiger partial charge in [-0.2, -0.15) is 13.2 Å². The fourth-order valence-corrected chi connectivity index (χ4v) is 1.08. The summed E-state index contributed by atoms with van der Waals surface area (Å²) in [5.74, 6) is 0. The molecule has 84 valence electrons. The summed E-state index contributed by atoms with van der Waals surface area (Å²) in [4.78, 5) is 0. The third kappa shape index (κ3) is 2.89. The molecule has 0 saturated carbocycles. The van der Waals surface area contributed by atoms with Crippen molar-refractivity contribution in [2.24, 2.45) is 5.73 Å². The second-order valence-corrected chi connectivity index (χ2v) is 2.99. The first-order valence-corrected chi connectivity index (χ1v) is 4.02. The number of halogens is 5. The summed E-state index contributed by atoms with van der Waals surface area (Å²) in [6.45, 7) is 0. The highest BCUT2D eigenvalue weighted by atomic mass is 19.4. The lowest BCUT2D eigenvalue weighted by molar-refractivity contribution is -0.149. The lowest BCUT2D eigenvalue weighted by atomic mass is 10.0. The third-order valence-electron chi connectivity index (χ3n) is 1.87. The molecule has 0 heterocycles. The molecule has 0 bridgehead atoms. The summed E-state index contributed by atoms with van der Waals surface area (Å²) in [6.07, 6.45) is -7.42. The number of rotatable bonds is 2. The highest BCUT2D eigenvalue weighted by molar-refractivity contribution is 5.27. The van der Waals surface area contributed by atoms with Gasteiger partial charge in [0.1, 0.15) is 6.04 Å². The predicted molar refractivity (Wildman–Crippen MR) is 44.4 cm³/mol. The van der Waals surface area contributed by atoms with Crippen LogP contribution in [0.25, 0.3) is 0 Å². The lowest BCUT2D eigenvalue weighted by Gasteiger charge is -2.16. The molecule has 1 aromatic carbocycles. The maximum absolute atomic E-state index is 12.2. The Kier molecular flexibility index (Phi) is 3.28. The van der Waals surface area contributed by atoms with E-state index in [4.69, 9.17) is 5.73 Å². The first kappa shape index (κ1) is 11.9. The van der Waals surface area contributed by atoms with E-state index < -0.39 is 24.2 Å². The molecule has 2 N–H and O–H groups in total. The zero-order valence-electron chi connectivity index (χ0n) is 7.43. The van der Waals surface area contributed by atoms with Gasteiger partial charge in [-0.05, 0) is 11.6 Å². The van der Waals surface area contributed by atoms with Crippen LogP contribution in [0.2, 0.25) is 0 Å². The molecule has 0 fully saturated rings. The molecule has 0 aromatic heterocycles. The van der Waals surface area contributed by atoms with Crippen molar-refractivity contribution in [3.05, 3.63) is 35.4 Å². The Bertz CT molecular complexity index is 334. The van der Waals surface area contributed by atoms with Gasteiger partial charge in [0.15, 0.2) is 0 Å². The first-order valence-electron chi connectivity index (χ1n) is 4.02. The molecule has 0 spiro atoms. The average molecular weight is 225 g/mol. The highest BCUT2D eigenvalue weighted by Gasteiger charge is 2.37. The largest absolute Gasteiger partial charge is 0.407 e. The van der Waals surface area contributed by atoms with E-state index >= 15 is 0 Å². The zero-order valence-corrected chi connectivity index (χ0v) is 7.43. The van der Waals surface area contributed by atoms with Crippen LogP contribution in [0.15, 0.2) is 24.3 Å². The number of hydrogen-bond donors (Lipinski definition) is 1. The Labute approximate surface area is 82.7 Å². The standard InChI is InChI=1S/C9H8F5N/c10-8(11)6-3-1-2-5(4-6)7(15)9(12,13)14/h1-4,7-8H,15H2. The first-order chi connectivity index (χ1) is 6.82. The van der Waals surface area contributed by atoms with Crippen LogP contribution in [0.3, 0.4) is 0 Å². The van der Waals surface area contributed by atoms with Gasteiger partial charge in [0, 0.05) is 5.56 Å². The Morgan fingerprint density at radius 3 is 2.07 bits per heavy atom. The van der Waals surface area contributed by atoms with Crippen molar-refractivity contribution in [1.82, 2.24) is 0 Å². The van der Waals surface area contributed by atoms with Crippen molar-refractivity contribution >= 4 is 0 Å². The molecule has 0 radical (unpaired) electrons. The zero-order chi connectivity index (χ0) is 11.6. The molecule has 1 nitrogen and oxygen atoms in total. The van der Waals surface area contributed by atoms with Crippen molar-refractivity contribution in [3.63, 3.8) is 0 Å². The van der Waals surface area contributed by atoms with Crippen LogP contribution in [0, 0.1) is 0 Å². The molecule has 0 aliphatic carbocycles. The molecule has 0 aliphatic rings. The molecular weight excluding hydrogens is 217 g/mol. The van der Waals surface area contributed by atoms with E-state index in [0.717, 1.165) is 24.3 Å². The summed E-state index contributed by atoms with van der Waals surface area (Å²) in [6, 6.07) is 1.79. The minimum atomic E-state index is -4.62. The van der Waals surface area contributed by atoms with Crippen LogP contribution >= 0.6 is 0 Å². The molecule has 1 rings (SSSR count). The molecule has 6 heteroatoms. The summed E-state index contributed by atoms with van der Waals surface area (Å²) in [7, 11) is 0. The minimum Gasteiger partial charge on any atom is -0.316 e. The molecule has 1 aromatic rings. The molecule has 0 aliphatic heterocycles. The summed E-state index contributed by atoms with van der Waals surface area (Å²) >= 11 is 0. The molecule has 0 saturated heterocycles. The van der Waals surface area contributed by atoms with Crippen LogP contribution in [0.5, 0.6) is 0 Å². The van der Waals surface area contributed by atoms with Gasteiger partial charge < -0.3 is 5.73 Å². The topological polar surface area (TPSA) is 26.0 Å². The van der Waals surface area contributed by atoms with Gasteiger partial charge in [0.05, 0.1) is 0 Å². The van der Waals surface area contributed by atoms with E-state index in [-0.39, 0.29) is 5.56 Å². The Hall–Kier alpha value is -1.17. The molecule has 15 heavy (non-hydrogen) atoms. The van der Waals surface area contributed by atoms with Crippen molar-refractivity contribution in [2.75, 3.05) is 0 Å². The van der Waals surface area contributed by atoms with Gasteiger partial charge in [0.25, 0.3) is 6.43 Å². The summed E-state index contributed by atoms with van der Waals surface area (Å²) in [5.41, 5.74) is 4.04. The van der Waals surface area contributed by atoms with E-state index in [0.29, 0.717) is 0 Å². The predicted octanol–water partition coefficient (Wildman–Crippen LogP) is 3.19. The van der Waals surface area contributed by atoms with Crippen LogP contribution in [0.1, 0.15) is 23.6 Å². The number of hydrogen-bond acceptors (Lipinski definition) is 1. The second kappa shape index (κ2) is 4.14. The highest BCUT2D eigenvalue weighted by Crippen LogP contribution is 2.31. The van der Waals surface area contributed by atoms with Gasteiger partial charge >= 0.3 is 6.18 Å². The van der Waals surface area contributed by atoms with E-state index in [1.54, 1.807) is 0 Å². The summed E-state index contributed by atoms with van der Waals surface area (Å²) < 4.78 is 60.8. The monoisotopic (exact) mass is 225 g/mol. The fourth-order valence-electron chi connectivity index (χ4n) is 1.08. The summed E-state index contributed by atoms with van der Waals surface area (Å²) in [5, 5.41) is 0. The Morgan fingerprint density at radius 2 is 1.60 bits per heavy atom. The maximum Gasteiger partial charge on any atom is 0.407 e. The van der Waals surface area contributed by atoms with Gasteiger partial charge in [-0.1, -0.05) is 18.2 Å². The number of nitrogens with two attached hydrogens (primary N) is 1. The molecular formula is C9H8F5N. The van der Waals surface area contributed by atoms with Gasteiger partial charge in [0.2, 0.25) is 0 Å². The van der Waals surface area contributed by atoms with E-state index in [1.165, 1.54) is 0 Å². The minimum absolute atomic E-state index is 0.361. The Balaban J connectivity index is 3.00. The van der Waals surface area contributed by atoms with Gasteiger partial charge in [-0.3, -0.25) is 0 Å². The van der Waals surface area contributed by atoms with Crippen LogP contribution in [-0.4, -0.2) is 6.18 Å². The van der Waals surface area contributed by atoms with E-state index in [9.17, 15) is 22.0 Å². The smallest absolute Gasteiger partial charge is 0.316 e. The van der Waals surface area contributed by atoms with Crippen molar-refractivity contribution < 1.29 is 22.0 Å². The number of benzene rings is 1. The Morgan fingerprint density at radius 1 is 1.07 bits per heavy atom. The van der Waals surface area contributed by atoms with Gasteiger partial charge in [-0.25, -0.2) is 8.78 Å². The van der Waals surface area contributed by atoms with Crippen LogP contribution in [-0.2, 0) is 0 Å². The van der Waals surface area contributed by atoms with Gasteiger partial charge in [-0.15, -0.1) is 0 Å².